The van der Waals surface area contributed by atoms with Gasteiger partial charge >= 0.3 is 11.9 Å². The Hall–Kier alpha value is -9.54. The number of rotatable bonds is 11. The van der Waals surface area contributed by atoms with Gasteiger partial charge in [0.25, 0.3) is 23.6 Å². The molecule has 12 bridgehead atoms. The molecule has 0 aliphatic carbocycles. The predicted molar refractivity (Wildman–Crippen MR) is 373 cm³/mol. The van der Waals surface area contributed by atoms with Crippen LogP contribution in [0.4, 0.5) is 0 Å². The summed E-state index contributed by atoms with van der Waals surface area (Å²) in [5, 5.41) is 73.5. The molecule has 10 unspecified atom stereocenters. The SMILES string of the molecule is CO/C(C)=C1/NC(=O)C(C(C)O)NC(=O)c2csc(n2)-c2cc(O)c(-c3nc(C(=O)NCCCn4nc(C)cc4C)cs3)nc2-c2csc(n2)C2COC(=O)c3c4c5c(cccc5n3O)COC(=O)C(OC3CC(C)(O)C(N(C)C)C(C)O3)C(OC4)C(NC(=O)c3csc1n3)c1nc(cs1)C(=O)N2. The van der Waals surface area contributed by atoms with Crippen LogP contribution < -0.4 is 26.6 Å². The second kappa shape index (κ2) is 29.3. The van der Waals surface area contributed by atoms with Gasteiger partial charge in [-0.25, -0.2) is 39.5 Å². The number of thiazole rings is 5. The normalized spacial score (nSPS) is 23.5. The van der Waals surface area contributed by atoms with Crippen molar-refractivity contribution in [3.63, 3.8) is 0 Å². The number of ether oxygens (including phenoxy) is 6. The number of amides is 5. The maximum absolute atomic E-state index is 15.2. The number of allylic oxidation sites excluding steroid dienone is 1. The van der Waals surface area contributed by atoms with Gasteiger partial charge < -0.3 is 80.4 Å². The number of benzene rings is 1. The second-order valence-corrected chi connectivity index (χ2v) is 29.6. The molecule has 0 spiro atoms. The summed E-state index contributed by atoms with van der Waals surface area (Å²) in [6.07, 6.45) is -6.92. The molecular formula is C66H69N15O17S5. The third kappa shape index (κ3) is 14.5. The van der Waals surface area contributed by atoms with Crippen LogP contribution in [-0.4, -0.2) is 194 Å². The average Bonchev–Trinajstić information content (AvgIpc) is 1.64. The Morgan fingerprint density at radius 1 is 0.845 bits per heavy atom. The van der Waals surface area contributed by atoms with Crippen molar-refractivity contribution in [2.75, 3.05) is 34.4 Å². The first kappa shape index (κ1) is 71.8. The summed E-state index contributed by atoms with van der Waals surface area (Å²) in [5.74, 6) is -6.68. The number of nitrogens with zero attached hydrogens (tertiary/aromatic N) is 10. The fourth-order valence-corrected chi connectivity index (χ4v) is 17.1. The van der Waals surface area contributed by atoms with E-state index in [0.717, 1.165) is 68.1 Å². The molecule has 12 heterocycles. The van der Waals surface area contributed by atoms with Crippen molar-refractivity contribution in [3.8, 4) is 38.4 Å². The van der Waals surface area contributed by atoms with E-state index in [9.17, 15) is 34.9 Å². The minimum atomic E-state index is -1.91. The average molecular weight is 1500 g/mol. The molecule has 13 rings (SSSR count). The molecule has 37 heteroatoms. The molecule has 540 valence electrons. The van der Waals surface area contributed by atoms with Crippen molar-refractivity contribution in [2.24, 2.45) is 0 Å². The van der Waals surface area contributed by atoms with E-state index in [4.69, 9.17) is 43.4 Å². The Bertz CT molecular complexity index is 4850. The van der Waals surface area contributed by atoms with Crippen LogP contribution >= 0.6 is 56.7 Å². The molecule has 10 atom stereocenters. The van der Waals surface area contributed by atoms with E-state index in [1.807, 2.05) is 24.6 Å². The number of esters is 2. The van der Waals surface area contributed by atoms with E-state index in [0.29, 0.717) is 29.8 Å². The standard InChI is InChI=1S/C66H69N15O17S5/c1-27-16-28(2)80(78-27)15-11-14-67-54(84)37-23-102-62(71-37)48-42(83)17-33-47(74-48)36-22-100-60(69-36)35-21-96-64(89)50-34-20-94-51(52(98-43-18-66(6,91)53(79(7)8)31(5)97-43)65(90)95-19-32-12-10-13-41(44(32)34)81(50)92)49(63-73-38(25-103-63)55(85)68-35)77-57(87)40-26-101-61(72-40)46(30(4)93-9)76-58(88)45(29(3)82)75-56(86)39-24-99-59(33)70-39/h10,12-13,16-17,22-26,29,31,35,43,45,49,51-53,82-83,91-92H,11,14-15,18-21H2,1-9H3,(H,67,84)(H,68,85)(H,75,86)(H,76,88)(H,77,87)/b46-30+. The van der Waals surface area contributed by atoms with E-state index in [1.54, 1.807) is 50.4 Å². The molecule has 32 nitrogen and oxygen atoms in total. The highest BCUT2D eigenvalue weighted by Gasteiger charge is 2.50. The van der Waals surface area contributed by atoms with Gasteiger partial charge in [-0.2, -0.15) is 9.83 Å². The number of carbonyl (C=O) groups excluding carboxylic acids is 7. The predicted octanol–water partition coefficient (Wildman–Crippen LogP) is 5.80. The summed E-state index contributed by atoms with van der Waals surface area (Å²) in [6, 6.07) is 2.79. The van der Waals surface area contributed by atoms with Crippen LogP contribution in [0.3, 0.4) is 0 Å². The first-order valence-corrected chi connectivity index (χ1v) is 36.6. The largest absolute Gasteiger partial charge is 0.506 e. The van der Waals surface area contributed by atoms with Crippen molar-refractivity contribution in [1.29, 1.82) is 0 Å². The summed E-state index contributed by atoms with van der Waals surface area (Å²) in [5.41, 5.74) is -0.321. The van der Waals surface area contributed by atoms with Crippen LogP contribution in [0, 0.1) is 13.8 Å². The highest BCUT2D eigenvalue weighted by Crippen LogP contribution is 2.43. The summed E-state index contributed by atoms with van der Waals surface area (Å²) < 4.78 is 40.2. The lowest BCUT2D eigenvalue weighted by molar-refractivity contribution is -0.280. The summed E-state index contributed by atoms with van der Waals surface area (Å²) >= 11 is 4.72. The fraction of sp³-hybridized carbons (Fsp3) is 0.394. The van der Waals surface area contributed by atoms with E-state index in [-0.39, 0.29) is 105 Å². The zero-order valence-electron chi connectivity index (χ0n) is 56.5. The fourth-order valence-electron chi connectivity index (χ4n) is 12.9. The Kier molecular flexibility index (Phi) is 20.4. The van der Waals surface area contributed by atoms with Gasteiger partial charge in [0.15, 0.2) is 18.1 Å². The molecule has 5 amide bonds. The smallest absolute Gasteiger partial charge is 0.358 e. The number of cyclic esters (lactones) is 2. The number of aliphatic hydroxyl groups is 2. The lowest BCUT2D eigenvalue weighted by Crippen LogP contribution is -2.62. The molecule has 9 aromatic rings. The molecule has 103 heavy (non-hydrogen) atoms. The lowest BCUT2D eigenvalue weighted by atomic mass is 9.85. The van der Waals surface area contributed by atoms with E-state index in [2.05, 4.69) is 46.6 Å². The van der Waals surface area contributed by atoms with Crippen molar-refractivity contribution >= 4 is 115 Å². The Labute approximate surface area is 606 Å². The molecule has 1 aromatic carbocycles. The molecule has 8 aromatic heterocycles. The van der Waals surface area contributed by atoms with Gasteiger partial charge in [-0.05, 0) is 85.8 Å². The van der Waals surface area contributed by atoms with Crippen LogP contribution in [0.5, 0.6) is 5.75 Å². The Morgan fingerprint density at radius 2 is 1.53 bits per heavy atom. The van der Waals surface area contributed by atoms with Crippen molar-refractivity contribution in [1.82, 2.24) is 75.9 Å². The first-order valence-electron chi connectivity index (χ1n) is 32.2. The molecule has 0 radical (unpaired) electrons. The van der Waals surface area contributed by atoms with Gasteiger partial charge in [0, 0.05) is 68.6 Å². The van der Waals surface area contributed by atoms with E-state index < -0.39 is 133 Å². The number of hydrogen-bond donors (Lipinski definition) is 9. The van der Waals surface area contributed by atoms with Gasteiger partial charge in [0.1, 0.15) is 120 Å². The summed E-state index contributed by atoms with van der Waals surface area (Å²) in [4.78, 5) is 133. The van der Waals surface area contributed by atoms with Crippen molar-refractivity contribution in [2.45, 2.75) is 135 Å². The second-order valence-electron chi connectivity index (χ2n) is 25.3. The number of likely N-dealkylation sites (N-methyl/N-ethyl adjacent to an activating group) is 1. The number of pyridine rings is 1. The third-order valence-corrected chi connectivity index (χ3v) is 22.2. The number of nitrogens with one attached hydrogen (secondary N) is 5. The van der Waals surface area contributed by atoms with E-state index in [1.165, 1.54) is 54.6 Å². The number of fused-ring (bicyclic) bond motifs is 15. The molecule has 0 saturated carbocycles. The number of aromatic hydroxyl groups is 1. The topological polar surface area (TPSA) is 419 Å². The van der Waals surface area contributed by atoms with E-state index >= 15 is 19.2 Å². The molecule has 4 aliphatic heterocycles. The minimum absolute atomic E-state index is 0.00418. The van der Waals surface area contributed by atoms with Gasteiger partial charge in [-0.3, -0.25) is 28.7 Å². The van der Waals surface area contributed by atoms with Crippen LogP contribution in [0.1, 0.15) is 143 Å². The first-order chi connectivity index (χ1) is 49.2. The Balaban J connectivity index is 0.951. The maximum atomic E-state index is 15.2. The maximum Gasteiger partial charge on any atom is 0.358 e. The number of aromatic nitrogens is 9. The van der Waals surface area contributed by atoms with Crippen LogP contribution in [0.2, 0.25) is 0 Å². The summed E-state index contributed by atoms with van der Waals surface area (Å²) in [6.45, 7) is 9.05. The number of carbonyl (C=O) groups is 7. The zero-order chi connectivity index (χ0) is 73.0. The van der Waals surface area contributed by atoms with Crippen molar-refractivity contribution < 1.29 is 82.5 Å². The van der Waals surface area contributed by atoms with Crippen LogP contribution in [0.15, 0.2) is 63.0 Å². The molecule has 9 N–H and O–H groups in total. The Morgan fingerprint density at radius 3 is 2.26 bits per heavy atom. The van der Waals surface area contributed by atoms with Gasteiger partial charge in [0.05, 0.1) is 48.8 Å². The van der Waals surface area contributed by atoms with Gasteiger partial charge in [0.2, 0.25) is 5.91 Å². The zero-order valence-corrected chi connectivity index (χ0v) is 60.6. The van der Waals surface area contributed by atoms with Crippen molar-refractivity contribution in [3.05, 3.63) is 129 Å². The number of aliphatic hydroxyl groups excluding tert-OH is 1. The highest BCUT2D eigenvalue weighted by molar-refractivity contribution is 7.14. The third-order valence-electron chi connectivity index (χ3n) is 17.7. The number of aryl methyl sites for hydroxylation is 3. The molecule has 1 saturated heterocycles. The van der Waals surface area contributed by atoms with Crippen LogP contribution in [-0.2, 0) is 57.8 Å². The van der Waals surface area contributed by atoms with Gasteiger partial charge in [-0.15, -0.1) is 56.7 Å². The molecular weight excluding hydrogens is 1440 g/mol. The quantitative estimate of drug-likeness (QED) is 0.0320. The summed E-state index contributed by atoms with van der Waals surface area (Å²) in [7, 11) is 4.87. The molecule has 1 fully saturated rings. The number of hydrogen-bond acceptors (Lipinski definition) is 30. The lowest BCUT2D eigenvalue weighted by Gasteiger charge is -2.48. The molecule has 4 aliphatic rings. The van der Waals surface area contributed by atoms with Gasteiger partial charge in [-0.1, -0.05) is 12.1 Å². The van der Waals surface area contributed by atoms with Crippen LogP contribution in [0.25, 0.3) is 49.3 Å². The number of methoxy groups -OCH3 is 1. The highest BCUT2D eigenvalue weighted by atomic mass is 32.1. The minimum Gasteiger partial charge on any atom is -0.506 e. The monoisotopic (exact) mass is 1500 g/mol.